The molecular formula is C15H28N2O2. The Kier molecular flexibility index (Phi) is 5.22. The molecule has 2 aliphatic rings. The van der Waals surface area contributed by atoms with Crippen molar-refractivity contribution in [3.8, 4) is 0 Å². The molecule has 0 spiro atoms. The summed E-state index contributed by atoms with van der Waals surface area (Å²) in [5.74, 6) is 0.559. The van der Waals surface area contributed by atoms with E-state index in [1.807, 2.05) is 11.8 Å². The Hall–Kier alpha value is -0.610. The van der Waals surface area contributed by atoms with Gasteiger partial charge in [0.25, 0.3) is 0 Å². The Labute approximate surface area is 116 Å². The van der Waals surface area contributed by atoms with Crippen LogP contribution in [0.25, 0.3) is 0 Å². The van der Waals surface area contributed by atoms with Crippen molar-refractivity contribution < 1.29 is 9.90 Å². The van der Waals surface area contributed by atoms with Crippen LogP contribution < -0.4 is 0 Å². The molecule has 4 nitrogen and oxygen atoms in total. The molecule has 19 heavy (non-hydrogen) atoms. The standard InChI is InChI=1S/C15H28N2O2/c1-3-16-9-5-4-8-14(16)15(19)17-10-6-7-13(11-17)12(2)18/h12-14,18H,3-11H2,1-2H3. The average Bonchev–Trinajstić information content (AvgIpc) is 2.46. The van der Waals surface area contributed by atoms with Gasteiger partial charge in [0, 0.05) is 19.0 Å². The van der Waals surface area contributed by atoms with Crippen molar-refractivity contribution in [3.05, 3.63) is 0 Å². The summed E-state index contributed by atoms with van der Waals surface area (Å²) >= 11 is 0. The first-order valence-corrected chi connectivity index (χ1v) is 7.84. The lowest BCUT2D eigenvalue weighted by Gasteiger charge is -2.40. The van der Waals surface area contributed by atoms with Gasteiger partial charge in [0.05, 0.1) is 12.1 Å². The molecule has 2 rings (SSSR count). The second-order valence-electron chi connectivity index (χ2n) is 6.07. The van der Waals surface area contributed by atoms with Crippen LogP contribution in [0.1, 0.15) is 46.0 Å². The fourth-order valence-electron chi connectivity index (χ4n) is 3.46. The first-order chi connectivity index (χ1) is 9.13. The molecule has 0 aromatic rings. The van der Waals surface area contributed by atoms with Crippen LogP contribution in [0.15, 0.2) is 0 Å². The van der Waals surface area contributed by atoms with Gasteiger partial charge >= 0.3 is 0 Å². The minimum Gasteiger partial charge on any atom is -0.393 e. The molecule has 0 bridgehead atoms. The van der Waals surface area contributed by atoms with Crippen LogP contribution in [-0.4, -0.2) is 59.1 Å². The molecule has 0 saturated carbocycles. The van der Waals surface area contributed by atoms with Crippen LogP contribution in [0.2, 0.25) is 0 Å². The summed E-state index contributed by atoms with van der Waals surface area (Å²) in [7, 11) is 0. The van der Waals surface area contributed by atoms with Gasteiger partial charge in [-0.2, -0.15) is 0 Å². The Balaban J connectivity index is 1.97. The van der Waals surface area contributed by atoms with E-state index in [9.17, 15) is 9.90 Å². The molecular weight excluding hydrogens is 240 g/mol. The lowest BCUT2D eigenvalue weighted by atomic mass is 9.92. The first kappa shape index (κ1) is 14.8. The van der Waals surface area contributed by atoms with Gasteiger partial charge in [-0.25, -0.2) is 0 Å². The maximum atomic E-state index is 12.7. The molecule has 1 amide bonds. The SMILES string of the molecule is CCN1CCCCC1C(=O)N1CCCC(C(C)O)C1. The van der Waals surface area contributed by atoms with E-state index < -0.39 is 0 Å². The molecule has 4 heteroatoms. The van der Waals surface area contributed by atoms with Crippen molar-refractivity contribution in [2.45, 2.75) is 58.1 Å². The van der Waals surface area contributed by atoms with Crippen LogP contribution in [0.3, 0.4) is 0 Å². The molecule has 0 aromatic carbocycles. The topological polar surface area (TPSA) is 43.8 Å². The fraction of sp³-hybridized carbons (Fsp3) is 0.933. The van der Waals surface area contributed by atoms with Crippen LogP contribution in [0.4, 0.5) is 0 Å². The molecule has 110 valence electrons. The number of likely N-dealkylation sites (tertiary alicyclic amines) is 2. The summed E-state index contributed by atoms with van der Waals surface area (Å²) < 4.78 is 0. The molecule has 2 aliphatic heterocycles. The van der Waals surface area contributed by atoms with Crippen molar-refractivity contribution in [3.63, 3.8) is 0 Å². The number of aliphatic hydroxyl groups excluding tert-OH is 1. The number of aliphatic hydroxyl groups is 1. The molecule has 2 heterocycles. The van der Waals surface area contributed by atoms with Gasteiger partial charge in [-0.15, -0.1) is 0 Å². The van der Waals surface area contributed by atoms with Crippen molar-refractivity contribution in [1.29, 1.82) is 0 Å². The van der Waals surface area contributed by atoms with Gasteiger partial charge in [-0.1, -0.05) is 13.3 Å². The zero-order valence-corrected chi connectivity index (χ0v) is 12.3. The molecule has 2 fully saturated rings. The highest BCUT2D eigenvalue weighted by Gasteiger charge is 2.34. The molecule has 0 aliphatic carbocycles. The van der Waals surface area contributed by atoms with Gasteiger partial charge in [0.2, 0.25) is 5.91 Å². The van der Waals surface area contributed by atoms with Crippen LogP contribution in [0, 0.1) is 5.92 Å². The second-order valence-corrected chi connectivity index (χ2v) is 6.07. The smallest absolute Gasteiger partial charge is 0.239 e. The summed E-state index contributed by atoms with van der Waals surface area (Å²) in [6, 6.07) is 0.0894. The summed E-state index contributed by atoms with van der Waals surface area (Å²) in [5, 5.41) is 9.74. The zero-order chi connectivity index (χ0) is 13.8. The van der Waals surface area contributed by atoms with Gasteiger partial charge < -0.3 is 10.0 Å². The highest BCUT2D eigenvalue weighted by Crippen LogP contribution is 2.24. The number of rotatable bonds is 3. The van der Waals surface area contributed by atoms with E-state index >= 15 is 0 Å². The molecule has 3 atom stereocenters. The minimum absolute atomic E-state index is 0.0894. The summed E-state index contributed by atoms with van der Waals surface area (Å²) in [5.41, 5.74) is 0. The zero-order valence-electron chi connectivity index (χ0n) is 12.3. The number of hydrogen-bond acceptors (Lipinski definition) is 3. The van der Waals surface area contributed by atoms with Crippen molar-refractivity contribution in [2.24, 2.45) is 5.92 Å². The molecule has 3 unspecified atom stereocenters. The highest BCUT2D eigenvalue weighted by atomic mass is 16.3. The number of hydrogen-bond donors (Lipinski definition) is 1. The van der Waals surface area contributed by atoms with E-state index in [1.54, 1.807) is 0 Å². The average molecular weight is 268 g/mol. The monoisotopic (exact) mass is 268 g/mol. The summed E-state index contributed by atoms with van der Waals surface area (Å²) in [4.78, 5) is 17.0. The fourth-order valence-corrected chi connectivity index (χ4v) is 3.46. The molecule has 0 radical (unpaired) electrons. The quantitative estimate of drug-likeness (QED) is 0.843. The van der Waals surface area contributed by atoms with Crippen LogP contribution in [-0.2, 0) is 4.79 Å². The van der Waals surface area contributed by atoms with E-state index in [0.717, 1.165) is 45.4 Å². The Morgan fingerprint density at radius 3 is 2.74 bits per heavy atom. The Bertz CT molecular complexity index is 307. The van der Waals surface area contributed by atoms with E-state index in [4.69, 9.17) is 0 Å². The predicted octanol–water partition coefficient (Wildman–Crippen LogP) is 1.48. The number of amides is 1. The highest BCUT2D eigenvalue weighted by molar-refractivity contribution is 5.82. The Morgan fingerprint density at radius 2 is 2.05 bits per heavy atom. The summed E-state index contributed by atoms with van der Waals surface area (Å²) in [6.07, 6.45) is 5.16. The van der Waals surface area contributed by atoms with Gasteiger partial charge in [-0.3, -0.25) is 9.69 Å². The number of piperidine rings is 2. The van der Waals surface area contributed by atoms with E-state index in [2.05, 4.69) is 11.8 Å². The molecule has 1 N–H and O–H groups in total. The first-order valence-electron chi connectivity index (χ1n) is 7.84. The lowest BCUT2D eigenvalue weighted by molar-refractivity contribution is -0.140. The van der Waals surface area contributed by atoms with Crippen LogP contribution in [0.5, 0.6) is 0 Å². The van der Waals surface area contributed by atoms with Crippen LogP contribution >= 0.6 is 0 Å². The number of likely N-dealkylation sites (N-methyl/N-ethyl adjacent to an activating group) is 1. The molecule has 0 aromatic heterocycles. The maximum Gasteiger partial charge on any atom is 0.239 e. The van der Waals surface area contributed by atoms with E-state index in [-0.39, 0.29) is 18.1 Å². The van der Waals surface area contributed by atoms with Gasteiger partial charge in [0.15, 0.2) is 0 Å². The van der Waals surface area contributed by atoms with Crippen molar-refractivity contribution in [2.75, 3.05) is 26.2 Å². The summed E-state index contributed by atoms with van der Waals surface area (Å²) in [6.45, 7) is 7.61. The third-order valence-electron chi connectivity index (χ3n) is 4.76. The molecule has 2 saturated heterocycles. The van der Waals surface area contributed by atoms with E-state index in [0.29, 0.717) is 5.91 Å². The lowest BCUT2D eigenvalue weighted by Crippen LogP contribution is -2.53. The number of nitrogens with zero attached hydrogens (tertiary/aromatic N) is 2. The Morgan fingerprint density at radius 1 is 1.26 bits per heavy atom. The number of carbonyl (C=O) groups excluding carboxylic acids is 1. The van der Waals surface area contributed by atoms with Gasteiger partial charge in [-0.05, 0) is 45.7 Å². The third kappa shape index (κ3) is 3.48. The van der Waals surface area contributed by atoms with Crippen molar-refractivity contribution in [1.82, 2.24) is 9.80 Å². The van der Waals surface area contributed by atoms with Gasteiger partial charge in [0.1, 0.15) is 0 Å². The van der Waals surface area contributed by atoms with E-state index in [1.165, 1.54) is 12.8 Å². The largest absolute Gasteiger partial charge is 0.393 e. The normalized spacial score (nSPS) is 31.2. The second kappa shape index (κ2) is 6.71. The van der Waals surface area contributed by atoms with Crippen molar-refractivity contribution >= 4 is 5.91 Å². The predicted molar refractivity (Wildman–Crippen MR) is 75.9 cm³/mol. The third-order valence-corrected chi connectivity index (χ3v) is 4.76. The maximum absolute atomic E-state index is 12.7. The number of carbonyl (C=O) groups is 1. The minimum atomic E-state index is -0.302.